The molecule has 9 nitrogen and oxygen atoms in total. The van der Waals surface area contributed by atoms with Gasteiger partial charge in [0.05, 0.1) is 24.5 Å². The largest absolute Gasteiger partial charge is 0.394 e. The number of benzene rings is 2. The molecule has 0 radical (unpaired) electrons. The number of rotatable bonds is 5. The summed E-state index contributed by atoms with van der Waals surface area (Å²) in [5, 5.41) is 33.3. The van der Waals surface area contributed by atoms with Crippen molar-refractivity contribution >= 4 is 11.6 Å². The summed E-state index contributed by atoms with van der Waals surface area (Å²) in [6.07, 6.45) is -0.00885. The Bertz CT molecular complexity index is 1340. The Labute approximate surface area is 201 Å². The lowest BCUT2D eigenvalue weighted by atomic mass is 9.95. The SMILES string of the molecule is OCC1OC(c2ncnn2-c2cccc(Cl)c2)CC(n2cc(-c3cc(F)c(F)c(F)c3)nn2)C1O. The number of nitrogens with zero attached hydrogens (tertiary/aromatic N) is 6. The number of aliphatic hydroxyl groups is 2. The molecule has 0 spiro atoms. The first kappa shape index (κ1) is 23.4. The van der Waals surface area contributed by atoms with Crippen LogP contribution in [0.4, 0.5) is 13.2 Å². The van der Waals surface area contributed by atoms with Gasteiger partial charge < -0.3 is 14.9 Å². The molecule has 4 aromatic rings. The highest BCUT2D eigenvalue weighted by Crippen LogP contribution is 2.38. The molecule has 4 atom stereocenters. The number of aromatic nitrogens is 6. The van der Waals surface area contributed by atoms with Gasteiger partial charge in [-0.15, -0.1) is 5.10 Å². The molecule has 1 aliphatic rings. The summed E-state index contributed by atoms with van der Waals surface area (Å²) in [6.45, 7) is -0.491. The Kier molecular flexibility index (Phi) is 6.28. The number of aliphatic hydroxyl groups excluding tert-OH is 2. The van der Waals surface area contributed by atoms with E-state index in [-0.39, 0.29) is 17.7 Å². The van der Waals surface area contributed by atoms with Gasteiger partial charge in [0.15, 0.2) is 23.3 Å². The lowest BCUT2D eigenvalue weighted by molar-refractivity contribution is -0.161. The molecular weight excluding hydrogens is 489 g/mol. The van der Waals surface area contributed by atoms with E-state index in [1.54, 1.807) is 24.3 Å². The van der Waals surface area contributed by atoms with E-state index >= 15 is 0 Å². The molecule has 0 bridgehead atoms. The van der Waals surface area contributed by atoms with E-state index in [1.165, 1.54) is 21.9 Å². The maximum Gasteiger partial charge on any atom is 0.194 e. The van der Waals surface area contributed by atoms with Crippen molar-refractivity contribution in [3.8, 4) is 16.9 Å². The zero-order chi connectivity index (χ0) is 24.7. The Morgan fingerprint density at radius 3 is 2.63 bits per heavy atom. The van der Waals surface area contributed by atoms with Crippen LogP contribution in [0.2, 0.25) is 5.02 Å². The Balaban J connectivity index is 1.47. The van der Waals surface area contributed by atoms with Crippen LogP contribution in [-0.2, 0) is 4.74 Å². The van der Waals surface area contributed by atoms with E-state index < -0.39 is 48.4 Å². The molecule has 2 aromatic carbocycles. The Morgan fingerprint density at radius 2 is 1.91 bits per heavy atom. The van der Waals surface area contributed by atoms with Crippen molar-refractivity contribution in [3.05, 3.63) is 77.2 Å². The zero-order valence-electron chi connectivity index (χ0n) is 17.8. The predicted molar refractivity (Wildman–Crippen MR) is 116 cm³/mol. The first-order valence-electron chi connectivity index (χ1n) is 10.5. The maximum absolute atomic E-state index is 13.7. The molecule has 13 heteroatoms. The average Bonchev–Trinajstić information content (AvgIpc) is 3.53. The molecule has 4 unspecified atom stereocenters. The summed E-state index contributed by atoms with van der Waals surface area (Å²) in [6, 6.07) is 7.82. The highest BCUT2D eigenvalue weighted by atomic mass is 35.5. The molecule has 3 heterocycles. The van der Waals surface area contributed by atoms with Crippen LogP contribution in [0.25, 0.3) is 16.9 Å². The lowest BCUT2D eigenvalue weighted by Crippen LogP contribution is -2.45. The van der Waals surface area contributed by atoms with E-state index in [0.29, 0.717) is 16.5 Å². The number of hydrogen-bond acceptors (Lipinski definition) is 7. The van der Waals surface area contributed by atoms with E-state index in [1.807, 2.05) is 0 Å². The van der Waals surface area contributed by atoms with Gasteiger partial charge in [-0.2, -0.15) is 5.10 Å². The van der Waals surface area contributed by atoms with Gasteiger partial charge >= 0.3 is 0 Å². The summed E-state index contributed by atoms with van der Waals surface area (Å²) in [4.78, 5) is 4.30. The average molecular weight is 507 g/mol. The van der Waals surface area contributed by atoms with Gasteiger partial charge in [0.2, 0.25) is 0 Å². The fraction of sp³-hybridized carbons (Fsp3) is 0.273. The molecule has 1 aliphatic heterocycles. The Morgan fingerprint density at radius 1 is 1.14 bits per heavy atom. The monoisotopic (exact) mass is 506 g/mol. The molecule has 35 heavy (non-hydrogen) atoms. The van der Waals surface area contributed by atoms with E-state index in [9.17, 15) is 23.4 Å². The van der Waals surface area contributed by atoms with Crippen LogP contribution >= 0.6 is 11.6 Å². The van der Waals surface area contributed by atoms with E-state index in [2.05, 4.69) is 20.4 Å². The Hall–Kier alpha value is -3.32. The van der Waals surface area contributed by atoms with Crippen molar-refractivity contribution in [2.75, 3.05) is 6.61 Å². The smallest absolute Gasteiger partial charge is 0.194 e. The van der Waals surface area contributed by atoms with Crippen molar-refractivity contribution < 1.29 is 28.1 Å². The number of ether oxygens (including phenoxy) is 1. The van der Waals surface area contributed by atoms with Gasteiger partial charge in [-0.3, -0.25) is 0 Å². The van der Waals surface area contributed by atoms with Crippen LogP contribution < -0.4 is 0 Å². The van der Waals surface area contributed by atoms with Gasteiger partial charge in [0, 0.05) is 17.0 Å². The van der Waals surface area contributed by atoms with Crippen LogP contribution in [0.1, 0.15) is 24.4 Å². The van der Waals surface area contributed by atoms with Crippen molar-refractivity contribution in [1.82, 2.24) is 29.8 Å². The van der Waals surface area contributed by atoms with Crippen LogP contribution in [0.15, 0.2) is 48.9 Å². The van der Waals surface area contributed by atoms with Gasteiger partial charge in [-0.05, 0) is 30.3 Å². The summed E-state index contributed by atoms with van der Waals surface area (Å²) in [5.74, 6) is -3.90. The van der Waals surface area contributed by atoms with Crippen LogP contribution in [0, 0.1) is 17.5 Å². The normalized spacial score (nSPS) is 22.5. The second-order valence-corrected chi connectivity index (χ2v) is 8.42. The topological polar surface area (TPSA) is 111 Å². The third-order valence-electron chi connectivity index (χ3n) is 5.79. The van der Waals surface area contributed by atoms with Gasteiger partial charge in [-0.1, -0.05) is 22.9 Å². The number of halogens is 4. The second-order valence-electron chi connectivity index (χ2n) is 7.99. The third-order valence-corrected chi connectivity index (χ3v) is 6.03. The molecular formula is C22H18ClF3N6O3. The molecule has 0 amide bonds. The lowest BCUT2D eigenvalue weighted by Gasteiger charge is -2.38. The molecule has 0 saturated carbocycles. The van der Waals surface area contributed by atoms with Crippen molar-refractivity contribution in [1.29, 1.82) is 0 Å². The van der Waals surface area contributed by atoms with E-state index in [4.69, 9.17) is 16.3 Å². The van der Waals surface area contributed by atoms with Crippen molar-refractivity contribution in [2.45, 2.75) is 30.8 Å². The number of hydrogen-bond donors (Lipinski definition) is 2. The van der Waals surface area contributed by atoms with Gasteiger partial charge in [0.25, 0.3) is 0 Å². The van der Waals surface area contributed by atoms with Crippen LogP contribution in [0.3, 0.4) is 0 Å². The molecule has 0 aliphatic carbocycles. The fourth-order valence-electron chi connectivity index (χ4n) is 4.09. The minimum absolute atomic E-state index is 0.0230. The minimum Gasteiger partial charge on any atom is -0.394 e. The summed E-state index contributed by atoms with van der Waals surface area (Å²) >= 11 is 6.10. The first-order valence-corrected chi connectivity index (χ1v) is 10.9. The molecule has 5 rings (SSSR count). The highest BCUT2D eigenvalue weighted by molar-refractivity contribution is 6.30. The quantitative estimate of drug-likeness (QED) is 0.400. The van der Waals surface area contributed by atoms with Crippen molar-refractivity contribution in [2.24, 2.45) is 0 Å². The third kappa shape index (κ3) is 4.41. The first-order chi connectivity index (χ1) is 16.9. The van der Waals surface area contributed by atoms with Gasteiger partial charge in [-0.25, -0.2) is 27.5 Å². The minimum atomic E-state index is -1.58. The fourth-order valence-corrected chi connectivity index (χ4v) is 4.27. The zero-order valence-corrected chi connectivity index (χ0v) is 18.6. The summed E-state index contributed by atoms with van der Waals surface area (Å²) in [7, 11) is 0. The second kappa shape index (κ2) is 9.38. The van der Waals surface area contributed by atoms with Crippen LogP contribution in [-0.4, -0.2) is 58.8 Å². The van der Waals surface area contributed by atoms with E-state index in [0.717, 1.165) is 12.1 Å². The highest BCUT2D eigenvalue weighted by Gasteiger charge is 2.41. The van der Waals surface area contributed by atoms with Crippen molar-refractivity contribution in [3.63, 3.8) is 0 Å². The molecule has 2 aromatic heterocycles. The standard InChI is InChI=1S/C22H18ClF3N6O3/c23-12-2-1-3-13(6-12)32-22(27-10-28-32)18-7-17(21(34)19(9-33)35-18)31-8-16(29-30-31)11-4-14(24)20(26)15(25)5-11/h1-6,8,10,17-19,21,33-34H,7,9H2. The molecule has 1 fully saturated rings. The summed E-state index contributed by atoms with van der Waals surface area (Å²) < 4.78 is 49.5. The van der Waals surface area contributed by atoms with Gasteiger partial charge in [0.1, 0.15) is 30.3 Å². The predicted octanol–water partition coefficient (Wildman–Crippen LogP) is 3.02. The maximum atomic E-state index is 13.7. The molecule has 2 N–H and O–H groups in total. The summed E-state index contributed by atoms with van der Waals surface area (Å²) in [5.41, 5.74) is 0.686. The molecule has 1 saturated heterocycles. The van der Waals surface area contributed by atoms with Crippen LogP contribution in [0.5, 0.6) is 0 Å². The molecule has 182 valence electrons.